The van der Waals surface area contributed by atoms with E-state index in [1.54, 1.807) is 12.1 Å². The highest BCUT2D eigenvalue weighted by Crippen LogP contribution is 2.44. The van der Waals surface area contributed by atoms with Crippen molar-refractivity contribution in [3.8, 4) is 17.6 Å². The van der Waals surface area contributed by atoms with Gasteiger partial charge in [0.2, 0.25) is 5.88 Å². The Balaban J connectivity index is 1.72. The lowest BCUT2D eigenvalue weighted by Crippen LogP contribution is -2.27. The fourth-order valence-electron chi connectivity index (χ4n) is 4.01. The Hall–Kier alpha value is -3.50. The molecule has 0 radical (unpaired) electrons. The number of hydrogen-bond donors (Lipinski definition) is 1. The maximum Gasteiger partial charge on any atom is 0.205 e. The van der Waals surface area contributed by atoms with Gasteiger partial charge in [-0.1, -0.05) is 17.7 Å². The van der Waals surface area contributed by atoms with Crippen molar-refractivity contribution in [2.45, 2.75) is 31.8 Å². The van der Waals surface area contributed by atoms with Crippen molar-refractivity contribution in [3.05, 3.63) is 81.2 Å². The van der Waals surface area contributed by atoms with Crippen LogP contribution >= 0.6 is 11.6 Å². The van der Waals surface area contributed by atoms with Gasteiger partial charge in [-0.25, -0.2) is 4.39 Å². The van der Waals surface area contributed by atoms with Crippen LogP contribution in [-0.4, -0.2) is 12.9 Å². The first-order chi connectivity index (χ1) is 15.4. The number of carbonyl (C=O) groups excluding carboxylic acids is 1. The minimum absolute atomic E-state index is 0.0144. The van der Waals surface area contributed by atoms with E-state index in [-0.39, 0.29) is 28.9 Å². The van der Waals surface area contributed by atoms with Crippen LogP contribution in [0.5, 0.6) is 11.5 Å². The molecular weight excluding hydrogens is 435 g/mol. The molecule has 0 bridgehead atoms. The number of nitriles is 1. The molecule has 164 valence electrons. The minimum Gasteiger partial charge on any atom is -0.496 e. The highest BCUT2D eigenvalue weighted by Gasteiger charge is 2.38. The van der Waals surface area contributed by atoms with E-state index in [1.165, 1.54) is 25.3 Å². The quantitative estimate of drug-likeness (QED) is 0.691. The Kier molecular flexibility index (Phi) is 6.06. The Labute approximate surface area is 189 Å². The van der Waals surface area contributed by atoms with E-state index in [4.69, 9.17) is 31.5 Å². The Bertz CT molecular complexity index is 1200. The molecule has 0 saturated carbocycles. The number of Topliss-reactive ketones (excluding diaryl/α,β-unsaturated/α-hetero) is 1. The van der Waals surface area contributed by atoms with E-state index in [2.05, 4.69) is 6.07 Å². The highest BCUT2D eigenvalue weighted by molar-refractivity contribution is 6.30. The summed E-state index contributed by atoms with van der Waals surface area (Å²) in [7, 11) is 1.53. The van der Waals surface area contributed by atoms with E-state index in [9.17, 15) is 14.4 Å². The predicted octanol–water partition coefficient (Wildman–Crippen LogP) is 4.88. The van der Waals surface area contributed by atoms with Gasteiger partial charge in [-0.15, -0.1) is 0 Å². The number of allylic oxidation sites excluding steroid dienone is 3. The smallest absolute Gasteiger partial charge is 0.205 e. The van der Waals surface area contributed by atoms with Crippen LogP contribution in [0.3, 0.4) is 0 Å². The number of halogens is 2. The van der Waals surface area contributed by atoms with Crippen molar-refractivity contribution in [2.75, 3.05) is 7.11 Å². The van der Waals surface area contributed by atoms with E-state index in [0.717, 1.165) is 0 Å². The number of benzene rings is 2. The van der Waals surface area contributed by atoms with Gasteiger partial charge in [0.15, 0.2) is 5.78 Å². The summed E-state index contributed by atoms with van der Waals surface area (Å²) in [6.07, 6.45) is 1.67. The molecule has 0 saturated heterocycles. The third-order valence-corrected chi connectivity index (χ3v) is 5.82. The first-order valence-corrected chi connectivity index (χ1v) is 10.4. The number of ketones is 1. The molecule has 1 heterocycles. The molecule has 2 aromatic rings. The molecule has 2 aromatic carbocycles. The van der Waals surface area contributed by atoms with Crippen molar-refractivity contribution in [1.29, 1.82) is 5.26 Å². The monoisotopic (exact) mass is 454 g/mol. The summed E-state index contributed by atoms with van der Waals surface area (Å²) in [4.78, 5) is 12.8. The molecule has 1 aliphatic carbocycles. The van der Waals surface area contributed by atoms with Crippen LogP contribution in [0.4, 0.5) is 4.39 Å². The molecule has 0 amide bonds. The molecule has 2 aliphatic rings. The maximum absolute atomic E-state index is 13.4. The normalized spacial score (nSPS) is 18.1. The van der Waals surface area contributed by atoms with Crippen LogP contribution < -0.4 is 15.2 Å². The molecule has 0 fully saturated rings. The topological polar surface area (TPSA) is 94.6 Å². The molecule has 0 spiro atoms. The second-order valence-electron chi connectivity index (χ2n) is 7.47. The van der Waals surface area contributed by atoms with Gasteiger partial charge in [-0.05, 0) is 36.2 Å². The molecule has 2 N–H and O–H groups in total. The van der Waals surface area contributed by atoms with Crippen LogP contribution in [0, 0.1) is 17.1 Å². The predicted molar refractivity (Wildman–Crippen MR) is 115 cm³/mol. The van der Waals surface area contributed by atoms with E-state index in [0.29, 0.717) is 53.2 Å². The van der Waals surface area contributed by atoms with E-state index in [1.807, 2.05) is 6.07 Å². The fraction of sp³-hybridized carbons (Fsp3) is 0.250. The summed E-state index contributed by atoms with van der Waals surface area (Å²) in [6, 6.07) is 11.6. The van der Waals surface area contributed by atoms with E-state index < -0.39 is 11.7 Å². The fourth-order valence-corrected chi connectivity index (χ4v) is 4.18. The summed E-state index contributed by atoms with van der Waals surface area (Å²) in [6.45, 7) is 0.100. The SMILES string of the molecule is COc1ccc([C@H]2C(C#N)=C(N)OC3=C2C(=O)CCC3)cc1COc1ccc(F)c(Cl)c1. The van der Waals surface area contributed by atoms with Crippen molar-refractivity contribution < 1.29 is 23.4 Å². The zero-order valence-corrected chi connectivity index (χ0v) is 18.0. The molecule has 0 aromatic heterocycles. The van der Waals surface area contributed by atoms with Crippen LogP contribution in [0.25, 0.3) is 0 Å². The maximum atomic E-state index is 13.4. The number of nitrogens with zero attached hydrogens (tertiary/aromatic N) is 1. The zero-order valence-electron chi connectivity index (χ0n) is 17.3. The summed E-state index contributed by atoms with van der Waals surface area (Å²) in [5, 5.41) is 9.70. The average molecular weight is 455 g/mol. The van der Waals surface area contributed by atoms with Crippen LogP contribution in [-0.2, 0) is 16.1 Å². The Morgan fingerprint density at radius 2 is 2.09 bits per heavy atom. The molecule has 32 heavy (non-hydrogen) atoms. The lowest BCUT2D eigenvalue weighted by atomic mass is 9.77. The van der Waals surface area contributed by atoms with Crippen LogP contribution in [0.1, 0.15) is 36.3 Å². The minimum atomic E-state index is -0.624. The summed E-state index contributed by atoms with van der Waals surface area (Å²) < 4.78 is 30.3. The lowest BCUT2D eigenvalue weighted by molar-refractivity contribution is -0.116. The second-order valence-corrected chi connectivity index (χ2v) is 7.88. The lowest BCUT2D eigenvalue weighted by Gasteiger charge is -2.31. The van der Waals surface area contributed by atoms with Crippen molar-refractivity contribution in [2.24, 2.45) is 5.73 Å². The standard InChI is InChI=1S/C24H20ClFN2O4/c1-30-20-8-5-13(9-14(20)12-31-15-6-7-18(26)17(25)10-15)22-16(11-27)24(28)32-21-4-2-3-19(29)23(21)22/h5-10,22H,2-4,12,28H2,1H3/t22-/m0/s1. The summed E-state index contributed by atoms with van der Waals surface area (Å²) >= 11 is 5.83. The third-order valence-electron chi connectivity index (χ3n) is 5.53. The van der Waals surface area contributed by atoms with Gasteiger partial charge >= 0.3 is 0 Å². The molecule has 0 unspecified atom stereocenters. The van der Waals surface area contributed by atoms with Gasteiger partial charge in [0.1, 0.15) is 41.3 Å². The summed E-state index contributed by atoms with van der Waals surface area (Å²) in [5.74, 6) is 0.288. The molecular formula is C24H20ClFN2O4. The largest absolute Gasteiger partial charge is 0.496 e. The van der Waals surface area contributed by atoms with Crippen molar-refractivity contribution in [3.63, 3.8) is 0 Å². The van der Waals surface area contributed by atoms with Gasteiger partial charge < -0.3 is 19.9 Å². The first-order valence-electron chi connectivity index (χ1n) is 10.0. The van der Waals surface area contributed by atoms with Gasteiger partial charge in [-0.2, -0.15) is 5.26 Å². The van der Waals surface area contributed by atoms with Gasteiger partial charge in [0.25, 0.3) is 0 Å². The van der Waals surface area contributed by atoms with Crippen molar-refractivity contribution in [1.82, 2.24) is 0 Å². The molecule has 6 nitrogen and oxygen atoms in total. The number of nitrogens with two attached hydrogens (primary N) is 1. The zero-order chi connectivity index (χ0) is 22.8. The molecule has 8 heteroatoms. The van der Waals surface area contributed by atoms with Gasteiger partial charge in [0, 0.05) is 30.0 Å². The number of rotatable bonds is 5. The average Bonchev–Trinajstić information content (AvgIpc) is 2.79. The number of hydrogen-bond acceptors (Lipinski definition) is 6. The molecule has 1 atom stereocenters. The summed E-state index contributed by atoms with van der Waals surface area (Å²) in [5.41, 5.74) is 8.07. The van der Waals surface area contributed by atoms with Crippen LogP contribution in [0.15, 0.2) is 59.2 Å². The Morgan fingerprint density at radius 3 is 2.81 bits per heavy atom. The number of ether oxygens (including phenoxy) is 3. The first kappa shape index (κ1) is 21.7. The number of carbonyl (C=O) groups is 1. The van der Waals surface area contributed by atoms with Crippen LogP contribution in [0.2, 0.25) is 5.02 Å². The second kappa shape index (κ2) is 8.93. The highest BCUT2D eigenvalue weighted by atomic mass is 35.5. The van der Waals surface area contributed by atoms with Gasteiger partial charge in [0.05, 0.1) is 18.1 Å². The molecule has 1 aliphatic heterocycles. The Morgan fingerprint density at radius 1 is 1.28 bits per heavy atom. The van der Waals surface area contributed by atoms with Gasteiger partial charge in [-0.3, -0.25) is 4.79 Å². The third kappa shape index (κ3) is 4.02. The van der Waals surface area contributed by atoms with Crippen molar-refractivity contribution >= 4 is 17.4 Å². The number of methoxy groups -OCH3 is 1. The molecule has 4 rings (SSSR count). The van der Waals surface area contributed by atoms with E-state index >= 15 is 0 Å².